The van der Waals surface area contributed by atoms with E-state index in [4.69, 9.17) is 16.7 Å². The molecule has 92 valence electrons. The highest BCUT2D eigenvalue weighted by Gasteiger charge is 2.14. The van der Waals surface area contributed by atoms with Crippen molar-refractivity contribution in [3.05, 3.63) is 63.0 Å². The summed E-state index contributed by atoms with van der Waals surface area (Å²) in [6.45, 7) is 1.59. The lowest BCUT2D eigenvalue weighted by molar-refractivity contribution is 0.0694. The molecule has 4 nitrogen and oxygen atoms in total. The number of halogens is 1. The van der Waals surface area contributed by atoms with Gasteiger partial charge in [0.2, 0.25) is 0 Å². The number of benzene rings is 1. The predicted molar refractivity (Wildman–Crippen MR) is 68.7 cm³/mol. The van der Waals surface area contributed by atoms with Crippen molar-refractivity contribution in [3.8, 4) is 5.69 Å². The van der Waals surface area contributed by atoms with Gasteiger partial charge in [-0.15, -0.1) is 0 Å². The Morgan fingerprint density at radius 3 is 2.67 bits per heavy atom. The van der Waals surface area contributed by atoms with Crippen molar-refractivity contribution in [2.45, 2.75) is 6.92 Å². The lowest BCUT2D eigenvalue weighted by atomic mass is 10.1. The van der Waals surface area contributed by atoms with Crippen LogP contribution in [0.1, 0.15) is 15.9 Å². The van der Waals surface area contributed by atoms with Gasteiger partial charge in [0.05, 0.1) is 5.69 Å². The van der Waals surface area contributed by atoms with E-state index in [0.717, 1.165) is 0 Å². The normalized spacial score (nSPS) is 10.3. The zero-order chi connectivity index (χ0) is 13.3. The van der Waals surface area contributed by atoms with Gasteiger partial charge in [0, 0.05) is 11.2 Å². The number of rotatable bonds is 2. The number of aromatic carboxylic acids is 1. The van der Waals surface area contributed by atoms with Crippen LogP contribution in [0.4, 0.5) is 0 Å². The fourth-order valence-electron chi connectivity index (χ4n) is 1.72. The summed E-state index contributed by atoms with van der Waals surface area (Å²) in [6, 6.07) is 8.26. The molecule has 0 aliphatic carbocycles. The molecular formula is C13H10ClNO3. The third kappa shape index (κ3) is 2.15. The quantitative estimate of drug-likeness (QED) is 0.906. The molecule has 2 aromatic rings. The topological polar surface area (TPSA) is 59.3 Å². The molecule has 0 saturated heterocycles. The molecule has 1 N–H and O–H groups in total. The van der Waals surface area contributed by atoms with Crippen molar-refractivity contribution in [1.29, 1.82) is 0 Å². The smallest absolute Gasteiger partial charge is 0.341 e. The standard InChI is InChI=1S/C13H10ClNO3/c1-8-5-6-15(12(16)11(8)13(17)18)10-4-2-3-9(14)7-10/h2-7H,1H3,(H,17,18). The average Bonchev–Trinajstić information content (AvgIpc) is 2.28. The molecule has 2 rings (SSSR count). The van der Waals surface area contributed by atoms with E-state index in [0.29, 0.717) is 16.3 Å². The van der Waals surface area contributed by atoms with Crippen LogP contribution < -0.4 is 5.56 Å². The van der Waals surface area contributed by atoms with Gasteiger partial charge < -0.3 is 5.11 Å². The highest BCUT2D eigenvalue weighted by atomic mass is 35.5. The second-order valence-electron chi connectivity index (χ2n) is 3.83. The molecule has 0 fully saturated rings. The van der Waals surface area contributed by atoms with E-state index >= 15 is 0 Å². The highest BCUT2D eigenvalue weighted by molar-refractivity contribution is 6.30. The van der Waals surface area contributed by atoms with Crippen LogP contribution in [-0.4, -0.2) is 15.6 Å². The molecule has 0 radical (unpaired) electrons. The molecule has 0 spiro atoms. The molecule has 0 amide bonds. The van der Waals surface area contributed by atoms with E-state index in [-0.39, 0.29) is 5.56 Å². The Morgan fingerprint density at radius 1 is 1.33 bits per heavy atom. The van der Waals surface area contributed by atoms with E-state index in [1.165, 1.54) is 10.8 Å². The number of carboxylic acids is 1. The van der Waals surface area contributed by atoms with Gasteiger partial charge in [-0.05, 0) is 36.8 Å². The molecule has 0 aliphatic heterocycles. The van der Waals surface area contributed by atoms with E-state index in [1.54, 1.807) is 37.3 Å². The summed E-state index contributed by atoms with van der Waals surface area (Å²) < 4.78 is 1.27. The Kier molecular flexibility index (Phi) is 3.21. The molecule has 0 unspecified atom stereocenters. The van der Waals surface area contributed by atoms with Crippen LogP contribution in [0.15, 0.2) is 41.3 Å². The van der Waals surface area contributed by atoms with E-state index < -0.39 is 11.5 Å². The number of hydrogen-bond donors (Lipinski definition) is 1. The summed E-state index contributed by atoms with van der Waals surface area (Å²) in [6.07, 6.45) is 1.54. The van der Waals surface area contributed by atoms with Gasteiger partial charge in [-0.25, -0.2) is 4.79 Å². The summed E-state index contributed by atoms with van der Waals surface area (Å²) in [5.74, 6) is -1.23. The van der Waals surface area contributed by atoms with Gasteiger partial charge in [0.15, 0.2) is 0 Å². The third-order valence-corrected chi connectivity index (χ3v) is 2.84. The van der Waals surface area contributed by atoms with Crippen LogP contribution >= 0.6 is 11.6 Å². The SMILES string of the molecule is Cc1ccn(-c2cccc(Cl)c2)c(=O)c1C(=O)O. The van der Waals surface area contributed by atoms with Gasteiger partial charge in [0.25, 0.3) is 5.56 Å². The molecule has 1 aromatic heterocycles. The Balaban J connectivity index is 2.71. The lowest BCUT2D eigenvalue weighted by Gasteiger charge is -2.08. The number of aryl methyl sites for hydroxylation is 1. The second-order valence-corrected chi connectivity index (χ2v) is 4.27. The van der Waals surface area contributed by atoms with Crippen molar-refractivity contribution in [2.24, 2.45) is 0 Å². The van der Waals surface area contributed by atoms with Crippen LogP contribution in [0.25, 0.3) is 5.69 Å². The van der Waals surface area contributed by atoms with Gasteiger partial charge in [-0.2, -0.15) is 0 Å². The fraction of sp³-hybridized carbons (Fsp3) is 0.0769. The van der Waals surface area contributed by atoms with Crippen LogP contribution in [0.2, 0.25) is 5.02 Å². The summed E-state index contributed by atoms with van der Waals surface area (Å²) in [5.41, 5.74) is 0.183. The number of carbonyl (C=O) groups is 1. The van der Waals surface area contributed by atoms with Crippen molar-refractivity contribution >= 4 is 17.6 Å². The minimum Gasteiger partial charge on any atom is -0.477 e. The summed E-state index contributed by atoms with van der Waals surface area (Å²) in [7, 11) is 0. The first-order chi connectivity index (χ1) is 8.50. The molecule has 0 aliphatic rings. The third-order valence-electron chi connectivity index (χ3n) is 2.60. The molecule has 5 heteroatoms. The monoisotopic (exact) mass is 263 g/mol. The Labute approximate surface area is 108 Å². The second kappa shape index (κ2) is 4.66. The highest BCUT2D eigenvalue weighted by Crippen LogP contribution is 2.14. The summed E-state index contributed by atoms with van der Waals surface area (Å²) in [4.78, 5) is 23.1. The molecule has 0 saturated carbocycles. The van der Waals surface area contributed by atoms with Crippen molar-refractivity contribution in [3.63, 3.8) is 0 Å². The van der Waals surface area contributed by atoms with E-state index in [2.05, 4.69) is 0 Å². The number of carboxylic acid groups (broad SMARTS) is 1. The number of pyridine rings is 1. The van der Waals surface area contributed by atoms with Crippen LogP contribution in [0.3, 0.4) is 0 Å². The first-order valence-corrected chi connectivity index (χ1v) is 5.60. The summed E-state index contributed by atoms with van der Waals surface area (Å²) >= 11 is 5.85. The fourth-order valence-corrected chi connectivity index (χ4v) is 1.90. The summed E-state index contributed by atoms with van der Waals surface area (Å²) in [5, 5.41) is 9.52. The maximum atomic E-state index is 12.1. The average molecular weight is 264 g/mol. The van der Waals surface area contributed by atoms with Crippen molar-refractivity contribution in [2.75, 3.05) is 0 Å². The minimum absolute atomic E-state index is 0.225. The Hall–Kier alpha value is -2.07. The zero-order valence-corrected chi connectivity index (χ0v) is 10.3. The molecular weight excluding hydrogens is 254 g/mol. The molecule has 18 heavy (non-hydrogen) atoms. The van der Waals surface area contributed by atoms with Gasteiger partial charge in [-0.3, -0.25) is 9.36 Å². The first kappa shape index (κ1) is 12.4. The molecule has 0 bridgehead atoms. The molecule has 1 aromatic carbocycles. The molecule has 1 heterocycles. The van der Waals surface area contributed by atoms with Crippen LogP contribution in [-0.2, 0) is 0 Å². The number of nitrogens with zero attached hydrogens (tertiary/aromatic N) is 1. The van der Waals surface area contributed by atoms with Crippen LogP contribution in [0, 0.1) is 6.92 Å². The van der Waals surface area contributed by atoms with Gasteiger partial charge in [0.1, 0.15) is 5.56 Å². The van der Waals surface area contributed by atoms with E-state index in [1.807, 2.05) is 0 Å². The minimum atomic E-state index is -1.23. The van der Waals surface area contributed by atoms with Crippen molar-refractivity contribution < 1.29 is 9.90 Å². The Morgan fingerprint density at radius 2 is 2.06 bits per heavy atom. The largest absolute Gasteiger partial charge is 0.477 e. The number of aromatic nitrogens is 1. The predicted octanol–water partition coefficient (Wildman–Crippen LogP) is 2.50. The molecule has 0 atom stereocenters. The lowest BCUT2D eigenvalue weighted by Crippen LogP contribution is -2.25. The van der Waals surface area contributed by atoms with Crippen LogP contribution in [0.5, 0.6) is 0 Å². The zero-order valence-electron chi connectivity index (χ0n) is 9.55. The van der Waals surface area contributed by atoms with E-state index in [9.17, 15) is 9.59 Å². The maximum Gasteiger partial charge on any atom is 0.341 e. The number of hydrogen-bond acceptors (Lipinski definition) is 2. The van der Waals surface area contributed by atoms with Gasteiger partial charge >= 0.3 is 5.97 Å². The Bertz CT molecular complexity index is 676. The first-order valence-electron chi connectivity index (χ1n) is 5.22. The van der Waals surface area contributed by atoms with Crippen molar-refractivity contribution in [1.82, 2.24) is 4.57 Å². The maximum absolute atomic E-state index is 12.1. The van der Waals surface area contributed by atoms with Gasteiger partial charge in [-0.1, -0.05) is 17.7 Å².